The normalized spacial score (nSPS) is 15.9. The first-order chi connectivity index (χ1) is 18.6. The Bertz CT molecular complexity index is 1420. The number of methoxy groups -OCH3 is 1. The second kappa shape index (κ2) is 11.9. The van der Waals surface area contributed by atoms with Crippen LogP contribution in [0.4, 0.5) is 0 Å². The number of rotatable bonds is 7. The largest absolute Gasteiger partial charge is 0.464 e. The molecule has 0 spiro atoms. The summed E-state index contributed by atoms with van der Waals surface area (Å²) in [5.74, 6) is 7.16. The van der Waals surface area contributed by atoms with Crippen LogP contribution in [0.3, 0.4) is 0 Å². The van der Waals surface area contributed by atoms with Gasteiger partial charge in [0.15, 0.2) is 12.1 Å². The van der Waals surface area contributed by atoms with E-state index in [1.54, 1.807) is 24.5 Å². The highest BCUT2D eigenvalue weighted by Gasteiger charge is 2.21. The van der Waals surface area contributed by atoms with E-state index in [0.717, 1.165) is 48.5 Å². The summed E-state index contributed by atoms with van der Waals surface area (Å²) >= 11 is 0. The van der Waals surface area contributed by atoms with Gasteiger partial charge < -0.3 is 23.3 Å². The first kappa shape index (κ1) is 25.4. The highest BCUT2D eigenvalue weighted by molar-refractivity contribution is 5.87. The van der Waals surface area contributed by atoms with Crippen molar-refractivity contribution in [1.29, 1.82) is 0 Å². The quantitative estimate of drug-likeness (QED) is 0.258. The standard InChI is InChI=1S/C29H28N4O5/c1-20(37-27-5-3-4-16-36-27)28-30-14-15-33(28)19-24-17-26(38-32-24)23-11-8-21(9-12-23)6-7-22-10-13-25(31-18-22)29(34)35-2/h8-15,17-18,20,27H,3-5,16,19H2,1-2H3/t20-,27?/m0/s1. The molecule has 1 aliphatic heterocycles. The number of hydrogen-bond acceptors (Lipinski definition) is 8. The van der Waals surface area contributed by atoms with E-state index < -0.39 is 5.97 Å². The molecule has 0 amide bonds. The van der Waals surface area contributed by atoms with Gasteiger partial charge in [-0.25, -0.2) is 14.8 Å². The van der Waals surface area contributed by atoms with Gasteiger partial charge in [0.1, 0.15) is 23.3 Å². The minimum atomic E-state index is -0.477. The van der Waals surface area contributed by atoms with Crippen LogP contribution in [-0.4, -0.2) is 45.7 Å². The third-order valence-electron chi connectivity index (χ3n) is 6.18. The molecule has 0 N–H and O–H groups in total. The van der Waals surface area contributed by atoms with E-state index in [1.807, 2.05) is 48.0 Å². The maximum absolute atomic E-state index is 11.5. The van der Waals surface area contributed by atoms with Crippen molar-refractivity contribution in [2.45, 2.75) is 45.1 Å². The topological polar surface area (TPSA) is 102 Å². The maximum atomic E-state index is 11.5. The molecule has 9 heteroatoms. The molecular formula is C29H28N4O5. The molecular weight excluding hydrogens is 484 g/mol. The van der Waals surface area contributed by atoms with Gasteiger partial charge in [-0.3, -0.25) is 0 Å². The summed E-state index contributed by atoms with van der Waals surface area (Å²) in [6.07, 6.45) is 7.95. The number of aromatic nitrogens is 4. The van der Waals surface area contributed by atoms with Gasteiger partial charge in [0.25, 0.3) is 0 Å². The molecule has 0 saturated carbocycles. The van der Waals surface area contributed by atoms with E-state index in [1.165, 1.54) is 7.11 Å². The van der Waals surface area contributed by atoms with E-state index in [9.17, 15) is 4.79 Å². The molecule has 0 bridgehead atoms. The molecule has 2 atom stereocenters. The lowest BCUT2D eigenvalue weighted by Gasteiger charge is -2.26. The molecule has 1 unspecified atom stereocenters. The predicted octanol–water partition coefficient (Wildman–Crippen LogP) is 4.77. The summed E-state index contributed by atoms with van der Waals surface area (Å²) in [7, 11) is 1.32. The Balaban J connectivity index is 1.21. The molecule has 1 aliphatic rings. The van der Waals surface area contributed by atoms with Gasteiger partial charge in [-0.2, -0.15) is 0 Å². The van der Waals surface area contributed by atoms with Crippen LogP contribution in [0, 0.1) is 11.8 Å². The number of ether oxygens (including phenoxy) is 3. The second-order valence-electron chi connectivity index (χ2n) is 8.92. The summed E-state index contributed by atoms with van der Waals surface area (Å²) in [4.78, 5) is 20.1. The number of esters is 1. The fraction of sp³-hybridized carbons (Fsp3) is 0.310. The van der Waals surface area contributed by atoms with Crippen LogP contribution >= 0.6 is 0 Å². The summed E-state index contributed by atoms with van der Waals surface area (Å²) < 4.78 is 24.1. The minimum Gasteiger partial charge on any atom is -0.464 e. The van der Waals surface area contributed by atoms with Gasteiger partial charge in [0, 0.05) is 48.0 Å². The fourth-order valence-corrected chi connectivity index (χ4v) is 4.17. The number of imidazole rings is 1. The molecule has 0 radical (unpaired) electrons. The Hall–Kier alpha value is -4.26. The van der Waals surface area contributed by atoms with Crippen LogP contribution in [0.5, 0.6) is 0 Å². The molecule has 5 rings (SSSR count). The third-order valence-corrected chi connectivity index (χ3v) is 6.18. The van der Waals surface area contributed by atoms with Gasteiger partial charge in [0.2, 0.25) is 0 Å². The van der Waals surface area contributed by atoms with Crippen LogP contribution in [0.25, 0.3) is 11.3 Å². The number of benzene rings is 1. The Labute approximate surface area is 220 Å². The molecule has 1 saturated heterocycles. The smallest absolute Gasteiger partial charge is 0.356 e. The second-order valence-corrected chi connectivity index (χ2v) is 8.92. The number of hydrogen-bond donors (Lipinski definition) is 0. The average molecular weight is 513 g/mol. The Kier molecular flexibility index (Phi) is 7.92. The molecule has 38 heavy (non-hydrogen) atoms. The lowest BCUT2D eigenvalue weighted by atomic mass is 10.1. The minimum absolute atomic E-state index is 0.181. The van der Waals surface area contributed by atoms with Crippen molar-refractivity contribution in [2.24, 2.45) is 0 Å². The summed E-state index contributed by atoms with van der Waals surface area (Å²) in [5.41, 5.74) is 3.47. The monoisotopic (exact) mass is 512 g/mol. The lowest BCUT2D eigenvalue weighted by Crippen LogP contribution is -2.24. The zero-order valence-corrected chi connectivity index (χ0v) is 21.3. The fourth-order valence-electron chi connectivity index (χ4n) is 4.17. The highest BCUT2D eigenvalue weighted by Crippen LogP contribution is 2.25. The SMILES string of the molecule is COC(=O)c1ccc(C#Cc2ccc(-c3cc(Cn4ccnc4[C@H](C)OC4CCCCO4)no3)cc2)cn1. The maximum Gasteiger partial charge on any atom is 0.356 e. The number of carbonyl (C=O) groups is 1. The highest BCUT2D eigenvalue weighted by atomic mass is 16.7. The van der Waals surface area contributed by atoms with Gasteiger partial charge in [-0.15, -0.1) is 0 Å². The summed E-state index contributed by atoms with van der Waals surface area (Å²) in [5, 5.41) is 4.25. The molecule has 1 aromatic carbocycles. The number of nitrogens with zero attached hydrogens (tertiary/aromatic N) is 4. The first-order valence-electron chi connectivity index (χ1n) is 12.5. The number of pyridine rings is 1. The van der Waals surface area contributed by atoms with Crippen LogP contribution < -0.4 is 0 Å². The van der Waals surface area contributed by atoms with E-state index >= 15 is 0 Å². The van der Waals surface area contributed by atoms with E-state index in [0.29, 0.717) is 17.9 Å². The van der Waals surface area contributed by atoms with Gasteiger partial charge in [0.05, 0.1) is 13.7 Å². The van der Waals surface area contributed by atoms with Gasteiger partial charge in [-0.1, -0.05) is 17.0 Å². The van der Waals surface area contributed by atoms with Crippen LogP contribution in [0.2, 0.25) is 0 Å². The average Bonchev–Trinajstić information content (AvgIpc) is 3.63. The zero-order valence-electron chi connectivity index (χ0n) is 21.3. The molecule has 1 fully saturated rings. The van der Waals surface area contributed by atoms with Crippen molar-refractivity contribution < 1.29 is 23.5 Å². The van der Waals surface area contributed by atoms with Crippen molar-refractivity contribution in [3.8, 4) is 23.2 Å². The summed E-state index contributed by atoms with van der Waals surface area (Å²) in [6.45, 7) is 3.25. The van der Waals surface area contributed by atoms with Crippen LogP contribution in [-0.2, 0) is 20.8 Å². The third kappa shape index (κ3) is 6.17. The van der Waals surface area contributed by atoms with E-state index in [-0.39, 0.29) is 18.1 Å². The molecule has 4 heterocycles. The molecule has 0 aliphatic carbocycles. The van der Waals surface area contributed by atoms with E-state index in [2.05, 4.69) is 31.7 Å². The Morgan fingerprint density at radius 3 is 2.68 bits per heavy atom. The van der Waals surface area contributed by atoms with Crippen LogP contribution in [0.1, 0.15) is 65.4 Å². The van der Waals surface area contributed by atoms with E-state index in [4.69, 9.17) is 14.0 Å². The van der Waals surface area contributed by atoms with Gasteiger partial charge >= 0.3 is 5.97 Å². The molecule has 194 valence electrons. The first-order valence-corrected chi connectivity index (χ1v) is 12.5. The lowest BCUT2D eigenvalue weighted by molar-refractivity contribution is -0.188. The van der Waals surface area contributed by atoms with Gasteiger partial charge in [-0.05, 0) is 62.6 Å². The van der Waals surface area contributed by atoms with Crippen molar-refractivity contribution in [3.63, 3.8) is 0 Å². The van der Waals surface area contributed by atoms with Crippen molar-refractivity contribution >= 4 is 5.97 Å². The molecule has 4 aromatic rings. The number of carbonyl (C=O) groups excluding carboxylic acids is 1. The van der Waals surface area contributed by atoms with Crippen molar-refractivity contribution in [2.75, 3.05) is 13.7 Å². The molecule has 9 nitrogen and oxygen atoms in total. The van der Waals surface area contributed by atoms with Crippen LogP contribution in [0.15, 0.2) is 65.6 Å². The zero-order chi connectivity index (χ0) is 26.3. The molecule has 3 aromatic heterocycles. The predicted molar refractivity (Wildman–Crippen MR) is 138 cm³/mol. The van der Waals surface area contributed by atoms with Crippen molar-refractivity contribution in [1.82, 2.24) is 19.7 Å². The van der Waals surface area contributed by atoms with Crippen molar-refractivity contribution in [3.05, 3.63) is 89.4 Å². The summed E-state index contributed by atoms with van der Waals surface area (Å²) in [6, 6.07) is 13.0. The Morgan fingerprint density at radius 1 is 1.13 bits per heavy atom. The Morgan fingerprint density at radius 2 is 1.95 bits per heavy atom.